The van der Waals surface area contributed by atoms with Gasteiger partial charge in [-0.25, -0.2) is 0 Å². The molecule has 0 unspecified atom stereocenters. The molecule has 0 aliphatic carbocycles. The van der Waals surface area contributed by atoms with Crippen molar-refractivity contribution in [3.63, 3.8) is 0 Å². The van der Waals surface area contributed by atoms with Gasteiger partial charge in [0, 0.05) is 18.7 Å². The van der Waals surface area contributed by atoms with Crippen LogP contribution in [0.25, 0.3) is 0 Å². The molecule has 0 aliphatic heterocycles. The number of rotatable bonds is 13. The minimum atomic E-state index is -0.477. The van der Waals surface area contributed by atoms with Gasteiger partial charge >= 0.3 is 11.9 Å². The molecule has 0 saturated heterocycles. The van der Waals surface area contributed by atoms with Crippen molar-refractivity contribution >= 4 is 23.3 Å². The molecule has 26 heavy (non-hydrogen) atoms. The van der Waals surface area contributed by atoms with E-state index in [1.165, 1.54) is 50.9 Å². The lowest BCUT2D eigenvalue weighted by molar-refractivity contribution is -0.157. The summed E-state index contributed by atoms with van der Waals surface area (Å²) in [5, 5.41) is 1.94. The summed E-state index contributed by atoms with van der Waals surface area (Å²) in [7, 11) is 0. The van der Waals surface area contributed by atoms with E-state index in [1.807, 2.05) is 17.5 Å². The van der Waals surface area contributed by atoms with Gasteiger partial charge in [-0.15, -0.1) is 17.9 Å². The van der Waals surface area contributed by atoms with E-state index in [0.29, 0.717) is 0 Å². The molecule has 0 N–H and O–H groups in total. The van der Waals surface area contributed by atoms with E-state index in [-0.39, 0.29) is 24.0 Å². The average Bonchev–Trinajstić information content (AvgIpc) is 3.11. The standard InChI is InChI=1S/C21H32O4S/c1-5-7-8-9-10-11-13-19(24-16(3)22)18(6-2)21(25-17(4)23)20-14-12-15-26-20/h6,12,14-15,18-19,21H,2,5,7-11,13H2,1,3-4H3/t18-,19+,21-/m1/s1. The maximum atomic E-state index is 11.6. The quantitative estimate of drug-likeness (QED) is 0.245. The minimum Gasteiger partial charge on any atom is -0.462 e. The Kier molecular flexibility index (Phi) is 10.9. The first-order chi connectivity index (χ1) is 12.5. The second-order valence-electron chi connectivity index (χ2n) is 6.56. The molecule has 0 amide bonds. The van der Waals surface area contributed by atoms with E-state index < -0.39 is 6.10 Å². The molecule has 1 heterocycles. The zero-order valence-corrected chi connectivity index (χ0v) is 17.1. The summed E-state index contributed by atoms with van der Waals surface area (Å²) in [6.07, 6.45) is 8.67. The van der Waals surface area contributed by atoms with E-state index in [0.717, 1.165) is 24.1 Å². The molecule has 0 radical (unpaired) electrons. The van der Waals surface area contributed by atoms with Crippen LogP contribution in [-0.4, -0.2) is 18.0 Å². The fourth-order valence-corrected chi connectivity index (χ4v) is 3.91. The van der Waals surface area contributed by atoms with Crippen molar-refractivity contribution in [2.24, 2.45) is 5.92 Å². The Morgan fingerprint density at radius 2 is 1.77 bits per heavy atom. The number of thiophene rings is 1. The van der Waals surface area contributed by atoms with Crippen LogP contribution in [0.5, 0.6) is 0 Å². The Morgan fingerprint density at radius 1 is 1.12 bits per heavy atom. The minimum absolute atomic E-state index is 0.267. The molecule has 4 nitrogen and oxygen atoms in total. The van der Waals surface area contributed by atoms with E-state index in [9.17, 15) is 9.59 Å². The number of hydrogen-bond donors (Lipinski definition) is 0. The molecule has 0 fully saturated rings. The van der Waals surface area contributed by atoms with E-state index in [4.69, 9.17) is 9.47 Å². The molecular weight excluding hydrogens is 348 g/mol. The summed E-state index contributed by atoms with van der Waals surface area (Å²) in [5.74, 6) is -0.936. The maximum absolute atomic E-state index is 11.6. The summed E-state index contributed by atoms with van der Waals surface area (Å²) in [4.78, 5) is 24.2. The van der Waals surface area contributed by atoms with E-state index >= 15 is 0 Å². The Bertz CT molecular complexity index is 538. The molecule has 0 saturated carbocycles. The van der Waals surface area contributed by atoms with E-state index in [2.05, 4.69) is 13.5 Å². The summed E-state index contributed by atoms with van der Waals surface area (Å²) in [6.45, 7) is 8.93. The molecule has 5 heteroatoms. The second kappa shape index (κ2) is 12.7. The lowest BCUT2D eigenvalue weighted by Crippen LogP contribution is -2.31. The Labute approximate surface area is 161 Å². The van der Waals surface area contributed by atoms with Crippen molar-refractivity contribution in [1.82, 2.24) is 0 Å². The first kappa shape index (κ1) is 22.4. The van der Waals surface area contributed by atoms with Crippen LogP contribution >= 0.6 is 11.3 Å². The van der Waals surface area contributed by atoms with E-state index in [1.54, 1.807) is 6.08 Å². The average molecular weight is 381 g/mol. The smallest absolute Gasteiger partial charge is 0.303 e. The van der Waals surface area contributed by atoms with Gasteiger partial charge in [-0.1, -0.05) is 51.2 Å². The van der Waals surface area contributed by atoms with Crippen LogP contribution in [0.15, 0.2) is 30.2 Å². The molecule has 3 atom stereocenters. The van der Waals surface area contributed by atoms with Gasteiger partial charge < -0.3 is 9.47 Å². The third-order valence-corrected chi connectivity index (χ3v) is 5.26. The summed E-state index contributed by atoms with van der Waals surface area (Å²) >= 11 is 1.52. The molecule has 0 bridgehead atoms. The second-order valence-corrected chi connectivity index (χ2v) is 7.54. The normalized spacial score (nSPS) is 14.3. The molecule has 1 aromatic heterocycles. The van der Waals surface area contributed by atoms with Gasteiger partial charge in [0.25, 0.3) is 0 Å². The van der Waals surface area contributed by atoms with Crippen LogP contribution in [-0.2, 0) is 19.1 Å². The Morgan fingerprint density at radius 3 is 2.31 bits per heavy atom. The predicted molar refractivity (Wildman–Crippen MR) is 106 cm³/mol. The van der Waals surface area contributed by atoms with Crippen LogP contribution in [0.2, 0.25) is 0 Å². The number of carbonyl (C=O) groups excluding carboxylic acids is 2. The summed E-state index contributed by atoms with van der Waals surface area (Å²) in [5.41, 5.74) is 0. The SMILES string of the molecule is C=C[C@H]([C@H](CCCCCCCC)OC(C)=O)[C@@H](OC(C)=O)c1cccs1. The summed E-state index contributed by atoms with van der Waals surface area (Å²) in [6, 6.07) is 3.86. The zero-order valence-electron chi connectivity index (χ0n) is 16.2. The van der Waals surface area contributed by atoms with Crippen molar-refractivity contribution in [1.29, 1.82) is 0 Å². The first-order valence-corrected chi connectivity index (χ1v) is 10.4. The molecule has 1 aromatic rings. The number of hydrogen-bond acceptors (Lipinski definition) is 5. The van der Waals surface area contributed by atoms with Crippen LogP contribution < -0.4 is 0 Å². The van der Waals surface area contributed by atoms with Gasteiger partial charge in [-0.05, 0) is 24.3 Å². The molecule has 1 rings (SSSR count). The zero-order chi connectivity index (χ0) is 19.4. The lowest BCUT2D eigenvalue weighted by Gasteiger charge is -2.30. The van der Waals surface area contributed by atoms with Gasteiger partial charge in [0.1, 0.15) is 12.2 Å². The summed E-state index contributed by atoms with van der Waals surface area (Å²) < 4.78 is 11.2. The fourth-order valence-electron chi connectivity index (χ4n) is 3.10. The van der Waals surface area contributed by atoms with Crippen molar-refractivity contribution < 1.29 is 19.1 Å². The molecule has 0 spiro atoms. The molecular formula is C21H32O4S. The van der Waals surface area contributed by atoms with Gasteiger partial charge in [-0.3, -0.25) is 9.59 Å². The number of ether oxygens (including phenoxy) is 2. The fraction of sp³-hybridized carbons (Fsp3) is 0.619. The van der Waals surface area contributed by atoms with Crippen LogP contribution in [0.1, 0.15) is 76.7 Å². The number of esters is 2. The Hall–Kier alpha value is -1.62. The van der Waals surface area contributed by atoms with Gasteiger partial charge in [-0.2, -0.15) is 0 Å². The third kappa shape index (κ3) is 8.17. The van der Waals surface area contributed by atoms with Gasteiger partial charge in [0.15, 0.2) is 0 Å². The number of unbranched alkanes of at least 4 members (excludes halogenated alkanes) is 5. The molecule has 0 aliphatic rings. The largest absolute Gasteiger partial charge is 0.462 e. The molecule has 146 valence electrons. The maximum Gasteiger partial charge on any atom is 0.303 e. The van der Waals surface area contributed by atoms with Crippen LogP contribution in [0.4, 0.5) is 0 Å². The predicted octanol–water partition coefficient (Wildman–Crippen LogP) is 5.84. The van der Waals surface area contributed by atoms with Crippen molar-refractivity contribution in [3.05, 3.63) is 35.0 Å². The van der Waals surface area contributed by atoms with Crippen molar-refractivity contribution in [2.75, 3.05) is 0 Å². The highest BCUT2D eigenvalue weighted by Crippen LogP contribution is 2.35. The third-order valence-electron chi connectivity index (χ3n) is 4.33. The Balaban J connectivity index is 2.82. The first-order valence-electron chi connectivity index (χ1n) is 9.50. The van der Waals surface area contributed by atoms with Gasteiger partial charge in [0.05, 0.1) is 5.92 Å². The van der Waals surface area contributed by atoms with Crippen LogP contribution in [0.3, 0.4) is 0 Å². The van der Waals surface area contributed by atoms with Crippen LogP contribution in [0, 0.1) is 5.92 Å². The molecule has 0 aromatic carbocycles. The highest BCUT2D eigenvalue weighted by molar-refractivity contribution is 7.10. The lowest BCUT2D eigenvalue weighted by atomic mass is 9.90. The van der Waals surface area contributed by atoms with Crippen molar-refractivity contribution in [3.8, 4) is 0 Å². The monoisotopic (exact) mass is 380 g/mol. The number of carbonyl (C=O) groups is 2. The van der Waals surface area contributed by atoms with Crippen molar-refractivity contribution in [2.45, 2.75) is 77.9 Å². The highest BCUT2D eigenvalue weighted by atomic mass is 32.1. The topological polar surface area (TPSA) is 52.6 Å². The highest BCUT2D eigenvalue weighted by Gasteiger charge is 2.33. The van der Waals surface area contributed by atoms with Gasteiger partial charge in [0.2, 0.25) is 0 Å².